The van der Waals surface area contributed by atoms with E-state index in [0.717, 1.165) is 27.9 Å². The number of hydrogen-bond donors (Lipinski definition) is 1. The van der Waals surface area contributed by atoms with Crippen LogP contribution in [0.4, 0.5) is 5.69 Å². The van der Waals surface area contributed by atoms with E-state index in [1.165, 1.54) is 0 Å². The lowest BCUT2D eigenvalue weighted by Crippen LogP contribution is -2.03. The average molecular weight is 264 g/mol. The van der Waals surface area contributed by atoms with Crippen LogP contribution in [-0.2, 0) is 0 Å². The molecule has 2 N–H and O–H groups in total. The molecule has 0 radical (unpaired) electrons. The Bertz CT molecular complexity index is 717. The second-order valence-corrected chi connectivity index (χ2v) is 4.75. The van der Waals surface area contributed by atoms with E-state index in [9.17, 15) is 0 Å². The summed E-state index contributed by atoms with van der Waals surface area (Å²) in [5, 5.41) is 1.03. The predicted octanol–water partition coefficient (Wildman–Crippen LogP) is 3.96. The summed E-state index contributed by atoms with van der Waals surface area (Å²) in [6, 6.07) is 17.6. The van der Waals surface area contributed by atoms with E-state index in [2.05, 4.69) is 4.98 Å². The van der Waals surface area contributed by atoms with Crippen LogP contribution >= 0.6 is 0 Å². The minimum absolute atomic E-state index is 0.0404. The maximum Gasteiger partial charge on any atom is 0.129 e. The molecule has 3 heteroatoms. The standard InChI is InChI=1S/C17H16N2O/c1-12(13-7-9-14(18)10-8-13)20-17-6-2-5-16-15(17)4-3-11-19-16/h2-12H,18H2,1H3. The van der Waals surface area contributed by atoms with Crippen LogP contribution in [0.15, 0.2) is 60.8 Å². The first-order chi connectivity index (χ1) is 9.74. The van der Waals surface area contributed by atoms with E-state index in [4.69, 9.17) is 10.5 Å². The smallest absolute Gasteiger partial charge is 0.129 e. The number of pyridine rings is 1. The lowest BCUT2D eigenvalue weighted by Gasteiger charge is -2.16. The van der Waals surface area contributed by atoms with Gasteiger partial charge < -0.3 is 10.5 Å². The van der Waals surface area contributed by atoms with Crippen LogP contribution in [0.1, 0.15) is 18.6 Å². The Hall–Kier alpha value is -2.55. The molecule has 0 fully saturated rings. The van der Waals surface area contributed by atoms with E-state index < -0.39 is 0 Å². The quantitative estimate of drug-likeness (QED) is 0.728. The number of hydrogen-bond acceptors (Lipinski definition) is 3. The zero-order valence-electron chi connectivity index (χ0n) is 11.3. The second kappa shape index (κ2) is 5.21. The van der Waals surface area contributed by atoms with Gasteiger partial charge in [-0.2, -0.15) is 0 Å². The summed E-state index contributed by atoms with van der Waals surface area (Å²) < 4.78 is 6.07. The van der Waals surface area contributed by atoms with Crippen LogP contribution in [0.2, 0.25) is 0 Å². The van der Waals surface area contributed by atoms with Crippen molar-refractivity contribution in [3.8, 4) is 5.75 Å². The molecule has 1 heterocycles. The third kappa shape index (κ3) is 2.43. The van der Waals surface area contributed by atoms with Crippen molar-refractivity contribution < 1.29 is 4.74 Å². The van der Waals surface area contributed by atoms with E-state index >= 15 is 0 Å². The zero-order valence-corrected chi connectivity index (χ0v) is 11.3. The van der Waals surface area contributed by atoms with E-state index in [0.29, 0.717) is 0 Å². The molecule has 0 spiro atoms. The molecule has 1 aromatic heterocycles. The Kier molecular flexibility index (Phi) is 3.25. The minimum Gasteiger partial charge on any atom is -0.485 e. The minimum atomic E-state index is -0.0404. The fourth-order valence-corrected chi connectivity index (χ4v) is 2.20. The lowest BCUT2D eigenvalue weighted by molar-refractivity contribution is 0.230. The van der Waals surface area contributed by atoms with Crippen molar-refractivity contribution >= 4 is 16.6 Å². The Morgan fingerprint density at radius 1 is 1.00 bits per heavy atom. The van der Waals surface area contributed by atoms with Crippen molar-refractivity contribution in [1.29, 1.82) is 0 Å². The van der Waals surface area contributed by atoms with Gasteiger partial charge in [-0.3, -0.25) is 4.98 Å². The highest BCUT2D eigenvalue weighted by Crippen LogP contribution is 2.28. The van der Waals surface area contributed by atoms with Gasteiger partial charge in [0.05, 0.1) is 5.52 Å². The number of nitrogens with two attached hydrogens (primary N) is 1. The zero-order chi connectivity index (χ0) is 13.9. The second-order valence-electron chi connectivity index (χ2n) is 4.75. The fourth-order valence-electron chi connectivity index (χ4n) is 2.20. The van der Waals surface area contributed by atoms with Gasteiger partial charge in [-0.05, 0) is 48.9 Å². The monoisotopic (exact) mass is 264 g/mol. The van der Waals surface area contributed by atoms with Gasteiger partial charge in [0.15, 0.2) is 0 Å². The SMILES string of the molecule is CC(Oc1cccc2ncccc12)c1ccc(N)cc1. The molecule has 100 valence electrons. The third-order valence-electron chi connectivity index (χ3n) is 3.32. The summed E-state index contributed by atoms with van der Waals surface area (Å²) in [5.41, 5.74) is 8.50. The number of ether oxygens (including phenoxy) is 1. The van der Waals surface area contributed by atoms with Crippen LogP contribution in [0, 0.1) is 0 Å². The van der Waals surface area contributed by atoms with Crippen molar-refractivity contribution in [2.24, 2.45) is 0 Å². The van der Waals surface area contributed by atoms with Gasteiger partial charge >= 0.3 is 0 Å². The van der Waals surface area contributed by atoms with Gasteiger partial charge in [-0.25, -0.2) is 0 Å². The fraction of sp³-hybridized carbons (Fsp3) is 0.118. The molecule has 0 amide bonds. The highest BCUT2D eigenvalue weighted by molar-refractivity contribution is 5.84. The van der Waals surface area contributed by atoms with Gasteiger partial charge in [-0.15, -0.1) is 0 Å². The third-order valence-corrected chi connectivity index (χ3v) is 3.32. The van der Waals surface area contributed by atoms with Crippen molar-refractivity contribution in [3.05, 3.63) is 66.4 Å². The molecule has 20 heavy (non-hydrogen) atoms. The lowest BCUT2D eigenvalue weighted by atomic mass is 10.1. The maximum atomic E-state index is 6.07. The predicted molar refractivity (Wildman–Crippen MR) is 81.6 cm³/mol. The van der Waals surface area contributed by atoms with Crippen LogP contribution in [0.3, 0.4) is 0 Å². The first-order valence-electron chi connectivity index (χ1n) is 6.60. The average Bonchev–Trinajstić information content (AvgIpc) is 2.48. The van der Waals surface area contributed by atoms with E-state index in [1.807, 2.05) is 61.5 Å². The molecule has 0 aliphatic rings. The molecule has 0 saturated carbocycles. The maximum absolute atomic E-state index is 6.07. The number of aromatic nitrogens is 1. The van der Waals surface area contributed by atoms with Crippen LogP contribution in [0.5, 0.6) is 5.75 Å². The van der Waals surface area contributed by atoms with Crippen molar-refractivity contribution in [1.82, 2.24) is 4.98 Å². The molecule has 0 saturated heterocycles. The van der Waals surface area contributed by atoms with Crippen molar-refractivity contribution in [2.75, 3.05) is 5.73 Å². The topological polar surface area (TPSA) is 48.1 Å². The number of fused-ring (bicyclic) bond motifs is 1. The molecule has 0 aliphatic carbocycles. The molecule has 3 nitrogen and oxygen atoms in total. The highest BCUT2D eigenvalue weighted by atomic mass is 16.5. The molecule has 3 aromatic rings. The Balaban J connectivity index is 1.91. The van der Waals surface area contributed by atoms with Crippen LogP contribution in [0.25, 0.3) is 10.9 Å². The van der Waals surface area contributed by atoms with E-state index in [1.54, 1.807) is 6.20 Å². The molecular formula is C17H16N2O. The van der Waals surface area contributed by atoms with Gasteiger partial charge in [0.1, 0.15) is 11.9 Å². The Labute approximate surface area is 118 Å². The number of rotatable bonds is 3. The molecule has 0 aliphatic heterocycles. The summed E-state index contributed by atoms with van der Waals surface area (Å²) in [6.45, 7) is 2.03. The van der Waals surface area contributed by atoms with Gasteiger partial charge in [0, 0.05) is 17.3 Å². The normalized spacial score (nSPS) is 12.2. The highest BCUT2D eigenvalue weighted by Gasteiger charge is 2.09. The Morgan fingerprint density at radius 3 is 2.60 bits per heavy atom. The van der Waals surface area contributed by atoms with Gasteiger partial charge in [0.2, 0.25) is 0 Å². The van der Waals surface area contributed by atoms with Crippen LogP contribution < -0.4 is 10.5 Å². The number of benzene rings is 2. The first-order valence-corrected chi connectivity index (χ1v) is 6.60. The van der Waals surface area contributed by atoms with E-state index in [-0.39, 0.29) is 6.10 Å². The number of anilines is 1. The number of nitrogens with zero attached hydrogens (tertiary/aromatic N) is 1. The summed E-state index contributed by atoms with van der Waals surface area (Å²) in [7, 11) is 0. The molecular weight excluding hydrogens is 248 g/mol. The van der Waals surface area contributed by atoms with Gasteiger partial charge in [0.25, 0.3) is 0 Å². The molecule has 1 atom stereocenters. The van der Waals surface area contributed by atoms with Crippen molar-refractivity contribution in [2.45, 2.75) is 13.0 Å². The summed E-state index contributed by atoms with van der Waals surface area (Å²) in [6.07, 6.45) is 1.75. The summed E-state index contributed by atoms with van der Waals surface area (Å²) >= 11 is 0. The molecule has 2 aromatic carbocycles. The molecule has 3 rings (SSSR count). The van der Waals surface area contributed by atoms with Gasteiger partial charge in [-0.1, -0.05) is 18.2 Å². The molecule has 1 unspecified atom stereocenters. The van der Waals surface area contributed by atoms with Crippen molar-refractivity contribution in [3.63, 3.8) is 0 Å². The largest absolute Gasteiger partial charge is 0.485 e. The number of nitrogen functional groups attached to an aromatic ring is 1. The summed E-state index contributed by atoms with van der Waals surface area (Å²) in [4.78, 5) is 4.34. The molecule has 0 bridgehead atoms. The first kappa shape index (κ1) is 12.5. The Morgan fingerprint density at radius 2 is 1.80 bits per heavy atom. The summed E-state index contributed by atoms with van der Waals surface area (Å²) in [5.74, 6) is 0.847. The van der Waals surface area contributed by atoms with Crippen LogP contribution in [-0.4, -0.2) is 4.98 Å².